The maximum atomic E-state index is 11.5. The van der Waals surface area contributed by atoms with Crippen molar-refractivity contribution in [2.24, 2.45) is 0 Å². The van der Waals surface area contributed by atoms with Gasteiger partial charge in [0.1, 0.15) is 5.75 Å². The zero-order valence-electron chi connectivity index (χ0n) is 16.5. The molecule has 0 aromatic heterocycles. The lowest BCUT2D eigenvalue weighted by Crippen LogP contribution is -2.02. The minimum Gasteiger partial charge on any atom is -0.490 e. The molecular weight excluding hydrogens is 510 g/mol. The van der Waals surface area contributed by atoms with Gasteiger partial charge >= 0.3 is 11.7 Å². The van der Waals surface area contributed by atoms with Gasteiger partial charge in [0, 0.05) is 12.0 Å². The average molecular weight is 531 g/mol. The van der Waals surface area contributed by atoms with Crippen molar-refractivity contribution in [2.75, 3.05) is 14.2 Å². The number of esters is 1. The summed E-state index contributed by atoms with van der Waals surface area (Å²) in [4.78, 5) is 22.4. The summed E-state index contributed by atoms with van der Waals surface area (Å²) in [6.07, 6.45) is 0.771. The van der Waals surface area contributed by atoms with Crippen molar-refractivity contribution in [2.45, 2.75) is 32.6 Å². The van der Waals surface area contributed by atoms with Gasteiger partial charge in [-0.3, -0.25) is 14.9 Å². The molecule has 29 heavy (non-hydrogen) atoms. The number of hydrogen-bond acceptors (Lipinski definition) is 6. The van der Waals surface area contributed by atoms with Crippen molar-refractivity contribution in [3.63, 3.8) is 0 Å². The fourth-order valence-corrected chi connectivity index (χ4v) is 4.22. The van der Waals surface area contributed by atoms with Crippen LogP contribution in [-0.4, -0.2) is 25.1 Å². The Morgan fingerprint density at radius 1 is 1.10 bits per heavy atom. The number of hydrogen-bond donors (Lipinski definition) is 0. The lowest BCUT2D eigenvalue weighted by atomic mass is 10.0. The summed E-state index contributed by atoms with van der Waals surface area (Å²) in [6, 6.07) is 6.75. The van der Waals surface area contributed by atoms with Crippen LogP contribution in [0.2, 0.25) is 0 Å². The fraction of sp³-hybridized carbons (Fsp3) is 0.350. The van der Waals surface area contributed by atoms with Gasteiger partial charge in [0.05, 0.1) is 34.2 Å². The smallest absolute Gasteiger partial charge is 0.314 e. The van der Waals surface area contributed by atoms with E-state index in [1.54, 1.807) is 6.07 Å². The van der Waals surface area contributed by atoms with Crippen LogP contribution in [0, 0.1) is 10.1 Å². The van der Waals surface area contributed by atoms with Crippen molar-refractivity contribution in [1.82, 2.24) is 0 Å². The van der Waals surface area contributed by atoms with E-state index in [1.165, 1.54) is 20.3 Å². The van der Waals surface area contributed by atoms with Crippen LogP contribution in [-0.2, 0) is 16.0 Å². The SMILES string of the molecule is COC(=O)CCc1cc(Br)c(Oc2cc(C(C)C)c(OC)c([N+](=O)[O-])c2)c(Br)c1. The van der Waals surface area contributed by atoms with E-state index in [9.17, 15) is 14.9 Å². The monoisotopic (exact) mass is 529 g/mol. The summed E-state index contributed by atoms with van der Waals surface area (Å²) in [6.45, 7) is 3.85. The molecule has 0 saturated carbocycles. The molecule has 0 fully saturated rings. The Morgan fingerprint density at radius 3 is 2.21 bits per heavy atom. The molecule has 7 nitrogen and oxygen atoms in total. The maximum absolute atomic E-state index is 11.5. The third-order valence-electron chi connectivity index (χ3n) is 4.22. The number of rotatable bonds is 8. The molecule has 0 aliphatic heterocycles. The number of carbonyl (C=O) groups excluding carboxylic acids is 1. The van der Waals surface area contributed by atoms with Crippen LogP contribution in [0.4, 0.5) is 5.69 Å². The first kappa shape index (κ1) is 23.2. The number of aryl methyl sites for hydroxylation is 1. The zero-order chi connectivity index (χ0) is 21.7. The highest BCUT2D eigenvalue weighted by atomic mass is 79.9. The van der Waals surface area contributed by atoms with E-state index in [2.05, 4.69) is 36.6 Å². The van der Waals surface area contributed by atoms with E-state index < -0.39 is 4.92 Å². The molecule has 9 heteroatoms. The summed E-state index contributed by atoms with van der Waals surface area (Å²) in [7, 11) is 2.76. The van der Waals surface area contributed by atoms with E-state index >= 15 is 0 Å². The number of nitrogens with zero attached hydrogens (tertiary/aromatic N) is 1. The number of ether oxygens (including phenoxy) is 3. The second-order valence-electron chi connectivity index (χ2n) is 6.54. The summed E-state index contributed by atoms with van der Waals surface area (Å²) in [5.74, 6) is 0.739. The first-order chi connectivity index (χ1) is 13.7. The molecule has 0 aliphatic rings. The predicted molar refractivity (Wildman–Crippen MR) is 116 cm³/mol. The van der Waals surface area contributed by atoms with E-state index in [0.29, 0.717) is 32.4 Å². The van der Waals surface area contributed by atoms with Gasteiger partial charge in [0.15, 0.2) is 5.75 Å². The van der Waals surface area contributed by atoms with Gasteiger partial charge in [-0.25, -0.2) is 0 Å². The van der Waals surface area contributed by atoms with Gasteiger partial charge in [-0.1, -0.05) is 13.8 Å². The number of carbonyl (C=O) groups is 1. The highest BCUT2D eigenvalue weighted by molar-refractivity contribution is 9.11. The van der Waals surface area contributed by atoms with Crippen molar-refractivity contribution in [1.29, 1.82) is 0 Å². The Hall–Kier alpha value is -2.13. The van der Waals surface area contributed by atoms with Gasteiger partial charge < -0.3 is 14.2 Å². The zero-order valence-corrected chi connectivity index (χ0v) is 19.6. The summed E-state index contributed by atoms with van der Waals surface area (Å²) < 4.78 is 17.2. The lowest BCUT2D eigenvalue weighted by Gasteiger charge is -2.16. The van der Waals surface area contributed by atoms with E-state index in [0.717, 1.165) is 5.56 Å². The average Bonchev–Trinajstić information content (AvgIpc) is 2.67. The minimum atomic E-state index is -0.489. The third kappa shape index (κ3) is 5.70. The molecule has 0 N–H and O–H groups in total. The Labute approximate surface area is 185 Å². The summed E-state index contributed by atoms with van der Waals surface area (Å²) in [5.41, 5.74) is 1.43. The molecule has 0 atom stereocenters. The van der Waals surface area contributed by atoms with Crippen LogP contribution in [0.3, 0.4) is 0 Å². The Balaban J connectivity index is 2.40. The molecular formula is C20H21Br2NO6. The van der Waals surface area contributed by atoms with Gasteiger partial charge in [0.25, 0.3) is 0 Å². The highest BCUT2D eigenvalue weighted by Gasteiger charge is 2.24. The molecule has 0 spiro atoms. The van der Waals surface area contributed by atoms with E-state index in [1.807, 2.05) is 26.0 Å². The molecule has 0 saturated heterocycles. The first-order valence-corrected chi connectivity index (χ1v) is 10.3. The summed E-state index contributed by atoms with van der Waals surface area (Å²) in [5, 5.41) is 11.5. The van der Waals surface area contributed by atoms with Crippen LogP contribution in [0.15, 0.2) is 33.2 Å². The number of nitro benzene ring substituents is 1. The van der Waals surface area contributed by atoms with Crippen LogP contribution in [0.25, 0.3) is 0 Å². The standard InChI is InChI=1S/C20H21Br2NO6/c1-11(2)14-9-13(10-17(23(25)26)19(14)28-4)29-20-15(21)7-12(8-16(20)22)5-6-18(24)27-3/h7-11H,5-6H2,1-4H3. The predicted octanol–water partition coefficient (Wildman–Crippen LogP) is 6.15. The van der Waals surface area contributed by atoms with Crippen LogP contribution < -0.4 is 9.47 Å². The number of benzene rings is 2. The Morgan fingerprint density at radius 2 is 1.72 bits per heavy atom. The third-order valence-corrected chi connectivity index (χ3v) is 5.40. The molecule has 0 radical (unpaired) electrons. The van der Waals surface area contributed by atoms with Crippen LogP contribution in [0.1, 0.15) is 37.3 Å². The number of halogens is 2. The van der Waals surface area contributed by atoms with Crippen molar-refractivity contribution in [3.8, 4) is 17.2 Å². The Bertz CT molecular complexity index is 906. The molecule has 2 aromatic carbocycles. The summed E-state index contributed by atoms with van der Waals surface area (Å²) >= 11 is 6.95. The molecule has 156 valence electrons. The molecule has 2 aromatic rings. The van der Waals surface area contributed by atoms with Crippen LogP contribution in [0.5, 0.6) is 17.2 Å². The molecule has 0 unspecified atom stereocenters. The fourth-order valence-electron chi connectivity index (χ4n) is 2.78. The van der Waals surface area contributed by atoms with Crippen molar-refractivity contribution in [3.05, 3.63) is 54.5 Å². The molecule has 2 rings (SSSR count). The second-order valence-corrected chi connectivity index (χ2v) is 8.25. The maximum Gasteiger partial charge on any atom is 0.314 e. The van der Waals surface area contributed by atoms with Gasteiger partial charge in [-0.15, -0.1) is 0 Å². The quantitative estimate of drug-likeness (QED) is 0.231. The van der Waals surface area contributed by atoms with Crippen molar-refractivity contribution < 1.29 is 23.9 Å². The highest BCUT2D eigenvalue weighted by Crippen LogP contribution is 2.43. The first-order valence-electron chi connectivity index (χ1n) is 8.76. The van der Waals surface area contributed by atoms with Crippen molar-refractivity contribution >= 4 is 43.5 Å². The Kier molecular flexibility index (Phi) is 8.04. The number of methoxy groups -OCH3 is 2. The molecule has 0 aliphatic carbocycles. The molecule has 0 heterocycles. The second kappa shape index (κ2) is 10.1. The lowest BCUT2D eigenvalue weighted by molar-refractivity contribution is -0.385. The topological polar surface area (TPSA) is 87.9 Å². The molecule has 0 bridgehead atoms. The normalized spacial score (nSPS) is 10.7. The van der Waals surface area contributed by atoms with Gasteiger partial charge in [0.2, 0.25) is 5.75 Å². The molecule has 0 amide bonds. The van der Waals surface area contributed by atoms with E-state index in [4.69, 9.17) is 9.47 Å². The van der Waals surface area contributed by atoms with Crippen LogP contribution >= 0.6 is 31.9 Å². The van der Waals surface area contributed by atoms with Gasteiger partial charge in [-0.05, 0) is 68.0 Å². The number of nitro groups is 1. The van der Waals surface area contributed by atoms with Gasteiger partial charge in [-0.2, -0.15) is 0 Å². The minimum absolute atomic E-state index is 0.000205. The largest absolute Gasteiger partial charge is 0.490 e. The van der Waals surface area contributed by atoms with E-state index in [-0.39, 0.29) is 29.7 Å².